The van der Waals surface area contributed by atoms with Crippen molar-refractivity contribution in [1.29, 1.82) is 0 Å². The number of Topliss-reactive ketones (excluding diaryl/α,β-unsaturated/α-hetero) is 1. The molecule has 0 saturated carbocycles. The molecule has 0 N–H and O–H groups in total. The number of carbonyl (C=O) groups excluding carboxylic acids is 1. The number of benzene rings is 2. The minimum Gasteiger partial charge on any atom is -1.00 e. The van der Waals surface area contributed by atoms with Gasteiger partial charge in [0.25, 0.3) is 0 Å². The van der Waals surface area contributed by atoms with Gasteiger partial charge in [-0.05, 0) is 38.8 Å². The summed E-state index contributed by atoms with van der Waals surface area (Å²) in [5.41, 5.74) is 5.34. The largest absolute Gasteiger partial charge is 1.00 e. The predicted molar refractivity (Wildman–Crippen MR) is 112 cm³/mol. The molecule has 27 heavy (non-hydrogen) atoms. The van der Waals surface area contributed by atoms with Crippen LogP contribution in [0.3, 0.4) is 0 Å². The molecule has 5 heteroatoms. The molecule has 1 atom stereocenters. The fourth-order valence-electron chi connectivity index (χ4n) is 3.15. The second-order valence-corrected chi connectivity index (χ2v) is 7.96. The highest BCUT2D eigenvalue weighted by Gasteiger charge is 2.30. The minimum atomic E-state index is 0. The van der Waals surface area contributed by atoms with E-state index >= 15 is 0 Å². The Morgan fingerprint density at radius 3 is 2.41 bits per heavy atom. The Morgan fingerprint density at radius 1 is 1.11 bits per heavy atom. The van der Waals surface area contributed by atoms with E-state index in [1.54, 1.807) is 11.8 Å². The Hall–Kier alpha value is -1.78. The highest BCUT2D eigenvalue weighted by molar-refractivity contribution is 8.14. The number of thioether (sulfide) groups is 1. The van der Waals surface area contributed by atoms with Gasteiger partial charge in [-0.2, -0.15) is 0 Å². The molecule has 2 aromatic carbocycles. The van der Waals surface area contributed by atoms with Crippen LogP contribution in [-0.4, -0.2) is 34.2 Å². The molecule has 144 valence electrons. The summed E-state index contributed by atoms with van der Waals surface area (Å²) in [7, 11) is 0. The number of aryl methyl sites for hydroxylation is 3. The maximum atomic E-state index is 12.8. The average Bonchev–Trinajstić information content (AvgIpc) is 2.99. The summed E-state index contributed by atoms with van der Waals surface area (Å²) in [4.78, 5) is 19.9. The summed E-state index contributed by atoms with van der Waals surface area (Å²) in [6.45, 7) is 8.78. The fraction of sp³-hybridized carbons (Fsp3) is 0.364. The predicted octanol–water partition coefficient (Wildman–Crippen LogP) is 2.31. The summed E-state index contributed by atoms with van der Waals surface area (Å²) in [6, 6.07) is 14.5. The lowest BCUT2D eigenvalue weighted by Crippen LogP contribution is -3.00. The third kappa shape index (κ3) is 5.14. The van der Waals surface area contributed by atoms with Crippen molar-refractivity contribution in [3.8, 4) is 0 Å². The number of ketones is 1. The van der Waals surface area contributed by atoms with Crippen molar-refractivity contribution in [3.05, 3.63) is 64.7 Å². The van der Waals surface area contributed by atoms with E-state index in [0.717, 1.165) is 28.6 Å². The monoisotopic (exact) mass is 401 g/mol. The van der Waals surface area contributed by atoms with E-state index < -0.39 is 0 Å². The first-order chi connectivity index (χ1) is 12.5. The van der Waals surface area contributed by atoms with E-state index in [0.29, 0.717) is 12.6 Å². The molecular weight excluding hydrogens is 376 g/mol. The lowest BCUT2D eigenvalue weighted by molar-refractivity contribution is -0.0000132. The Kier molecular flexibility index (Phi) is 7.51. The third-order valence-electron chi connectivity index (χ3n) is 4.82. The van der Waals surface area contributed by atoms with Gasteiger partial charge in [-0.3, -0.25) is 4.79 Å². The zero-order chi connectivity index (χ0) is 18.7. The topological polar surface area (TPSA) is 32.7 Å². The normalized spacial score (nSPS) is 17.9. The molecule has 1 fully saturated rings. The maximum Gasteiger partial charge on any atom is 0.182 e. The van der Waals surface area contributed by atoms with Gasteiger partial charge in [-0.25, -0.2) is 4.99 Å². The molecule has 3 nitrogen and oxygen atoms in total. The first-order valence-electron chi connectivity index (χ1n) is 9.13. The van der Waals surface area contributed by atoms with Crippen molar-refractivity contribution in [2.45, 2.75) is 40.2 Å². The van der Waals surface area contributed by atoms with Crippen molar-refractivity contribution in [2.24, 2.45) is 4.99 Å². The van der Waals surface area contributed by atoms with E-state index in [9.17, 15) is 4.79 Å². The van der Waals surface area contributed by atoms with Crippen LogP contribution in [0.25, 0.3) is 0 Å². The first kappa shape index (κ1) is 21.5. The van der Waals surface area contributed by atoms with Gasteiger partial charge in [0.05, 0.1) is 12.2 Å². The number of nitrogens with zero attached hydrogens (tertiary/aromatic N) is 2. The number of amidine groups is 1. The van der Waals surface area contributed by atoms with Crippen LogP contribution in [0.1, 0.15) is 40.4 Å². The SMILES string of the molecule is CCC1CSC(=Nc2ccc(C)cc2C)N1CC(=O)c1ccc(C)cc1.[Cl-]. The zero-order valence-electron chi connectivity index (χ0n) is 16.3. The molecule has 0 aliphatic carbocycles. The molecule has 1 aliphatic heterocycles. The molecule has 0 radical (unpaired) electrons. The summed E-state index contributed by atoms with van der Waals surface area (Å²) >= 11 is 1.75. The van der Waals surface area contributed by atoms with Crippen molar-refractivity contribution < 1.29 is 17.2 Å². The smallest absolute Gasteiger partial charge is 0.182 e. The van der Waals surface area contributed by atoms with Crippen LogP contribution in [0, 0.1) is 20.8 Å². The Morgan fingerprint density at radius 2 is 1.78 bits per heavy atom. The molecule has 3 rings (SSSR count). The molecule has 0 amide bonds. The van der Waals surface area contributed by atoms with Gasteiger partial charge in [-0.15, -0.1) is 0 Å². The molecular formula is C22H26ClN2OS-. The van der Waals surface area contributed by atoms with Gasteiger partial charge in [0.2, 0.25) is 0 Å². The van der Waals surface area contributed by atoms with E-state index in [1.807, 2.05) is 31.2 Å². The van der Waals surface area contributed by atoms with Gasteiger partial charge in [-0.1, -0.05) is 66.2 Å². The van der Waals surface area contributed by atoms with Crippen molar-refractivity contribution in [1.82, 2.24) is 4.90 Å². The van der Waals surface area contributed by atoms with Gasteiger partial charge < -0.3 is 17.3 Å². The standard InChI is InChI=1S/C22H26N2OS.ClH/c1-5-19-14-26-22(23-20-11-8-16(3)12-17(20)4)24(19)13-21(25)18-9-6-15(2)7-10-18;/h6-12,19H,5,13-14H2,1-4H3;1H/p-1. The average molecular weight is 402 g/mol. The Balaban J connectivity index is 0.00000261. The second kappa shape index (κ2) is 9.43. The first-order valence-corrected chi connectivity index (χ1v) is 10.1. The maximum absolute atomic E-state index is 12.8. The third-order valence-corrected chi connectivity index (χ3v) is 5.95. The summed E-state index contributed by atoms with van der Waals surface area (Å²) < 4.78 is 0. The summed E-state index contributed by atoms with van der Waals surface area (Å²) in [5, 5.41) is 0.962. The molecule has 0 spiro atoms. The number of aliphatic imine (C=N–C) groups is 1. The van der Waals surface area contributed by atoms with E-state index in [4.69, 9.17) is 4.99 Å². The molecule has 1 heterocycles. The van der Waals surface area contributed by atoms with Crippen molar-refractivity contribution >= 4 is 28.4 Å². The number of hydrogen-bond acceptors (Lipinski definition) is 3. The fourth-order valence-corrected chi connectivity index (χ4v) is 4.45. The highest BCUT2D eigenvalue weighted by Crippen LogP contribution is 2.30. The minimum absolute atomic E-state index is 0. The van der Waals surface area contributed by atoms with Crippen LogP contribution in [0.15, 0.2) is 47.5 Å². The van der Waals surface area contributed by atoms with E-state index in [2.05, 4.69) is 43.9 Å². The lowest BCUT2D eigenvalue weighted by atomic mass is 10.1. The number of hydrogen-bond donors (Lipinski definition) is 0. The van der Waals surface area contributed by atoms with Crippen LogP contribution < -0.4 is 12.4 Å². The van der Waals surface area contributed by atoms with Gasteiger partial charge in [0.1, 0.15) is 0 Å². The molecule has 1 saturated heterocycles. The second-order valence-electron chi connectivity index (χ2n) is 6.97. The quantitative estimate of drug-likeness (QED) is 0.721. The molecule has 1 aliphatic rings. The Bertz CT molecular complexity index is 833. The van der Waals surface area contributed by atoms with Gasteiger partial charge in [0.15, 0.2) is 11.0 Å². The molecule has 2 aromatic rings. The number of rotatable bonds is 5. The summed E-state index contributed by atoms with van der Waals surface area (Å²) in [5.74, 6) is 1.14. The van der Waals surface area contributed by atoms with E-state index in [-0.39, 0.29) is 18.2 Å². The molecule has 0 aromatic heterocycles. The Labute approximate surface area is 172 Å². The van der Waals surface area contributed by atoms with Gasteiger partial charge in [0, 0.05) is 17.4 Å². The number of halogens is 1. The van der Waals surface area contributed by atoms with Crippen LogP contribution in [0.5, 0.6) is 0 Å². The van der Waals surface area contributed by atoms with Crippen LogP contribution in [0.4, 0.5) is 5.69 Å². The van der Waals surface area contributed by atoms with Crippen LogP contribution in [-0.2, 0) is 0 Å². The van der Waals surface area contributed by atoms with E-state index in [1.165, 1.54) is 16.7 Å². The summed E-state index contributed by atoms with van der Waals surface area (Å²) in [6.07, 6.45) is 1.01. The number of carbonyl (C=O) groups is 1. The van der Waals surface area contributed by atoms with Crippen molar-refractivity contribution in [3.63, 3.8) is 0 Å². The van der Waals surface area contributed by atoms with Crippen molar-refractivity contribution in [2.75, 3.05) is 12.3 Å². The van der Waals surface area contributed by atoms with Crippen LogP contribution >= 0.6 is 11.8 Å². The molecule has 1 unspecified atom stereocenters. The lowest BCUT2D eigenvalue weighted by Gasteiger charge is -2.24. The van der Waals surface area contributed by atoms with Gasteiger partial charge >= 0.3 is 0 Å². The zero-order valence-corrected chi connectivity index (χ0v) is 17.9. The van der Waals surface area contributed by atoms with Crippen LogP contribution in [0.2, 0.25) is 0 Å². The molecule has 0 bridgehead atoms. The highest BCUT2D eigenvalue weighted by atomic mass is 35.5.